The van der Waals surface area contributed by atoms with Crippen molar-refractivity contribution in [1.82, 2.24) is 9.97 Å². The largest absolute Gasteiger partial charge is 0.481 e. The Balaban J connectivity index is 1.76. The van der Waals surface area contributed by atoms with E-state index in [1.54, 1.807) is 24.3 Å². The molecule has 4 rings (SSSR count). The van der Waals surface area contributed by atoms with Crippen LogP contribution in [0.1, 0.15) is 16.8 Å². The van der Waals surface area contributed by atoms with Gasteiger partial charge >= 0.3 is 5.97 Å². The van der Waals surface area contributed by atoms with Gasteiger partial charge in [0, 0.05) is 16.8 Å². The Morgan fingerprint density at radius 1 is 1.04 bits per heavy atom. The molecule has 1 aliphatic rings. The van der Waals surface area contributed by atoms with Crippen molar-refractivity contribution in [2.45, 2.75) is 17.9 Å². The number of hydrogen-bond acceptors (Lipinski definition) is 6. The van der Waals surface area contributed by atoms with Crippen molar-refractivity contribution in [3.63, 3.8) is 0 Å². The van der Waals surface area contributed by atoms with Crippen molar-refractivity contribution in [3.05, 3.63) is 71.4 Å². The highest BCUT2D eigenvalue weighted by atomic mass is 32.2. The number of rotatable bonds is 5. The van der Waals surface area contributed by atoms with Crippen LogP contribution in [-0.2, 0) is 32.6 Å². The lowest BCUT2D eigenvalue weighted by Crippen LogP contribution is -2.05. The Morgan fingerprint density at radius 2 is 1.82 bits per heavy atom. The van der Waals surface area contributed by atoms with E-state index >= 15 is 0 Å². The second-order valence-corrected chi connectivity index (χ2v) is 8.68. The molecule has 0 aliphatic carbocycles. The maximum Gasteiger partial charge on any atom is 0.307 e. The molecule has 0 bridgehead atoms. The molecule has 0 atom stereocenters. The predicted molar refractivity (Wildman–Crippen MR) is 105 cm³/mol. The monoisotopic (exact) mass is 395 g/mol. The zero-order valence-electron chi connectivity index (χ0n) is 14.8. The van der Waals surface area contributed by atoms with Gasteiger partial charge in [0.1, 0.15) is 5.82 Å². The van der Waals surface area contributed by atoms with E-state index in [4.69, 9.17) is 5.11 Å². The zero-order valence-corrected chi connectivity index (χ0v) is 15.6. The summed E-state index contributed by atoms with van der Waals surface area (Å²) < 4.78 is 24.3. The van der Waals surface area contributed by atoms with Crippen molar-refractivity contribution in [2.24, 2.45) is 0 Å². The molecule has 1 aliphatic heterocycles. The average molecular weight is 395 g/mol. The lowest BCUT2D eigenvalue weighted by atomic mass is 10.1. The predicted octanol–water partition coefficient (Wildman–Crippen LogP) is 2.94. The molecule has 0 saturated carbocycles. The molecule has 0 fully saturated rings. The number of nitrogens with one attached hydrogen (secondary N) is 1. The molecular formula is C20H17N3O4S. The number of anilines is 2. The number of carboxylic acids is 1. The van der Waals surface area contributed by atoms with Crippen LogP contribution in [0.5, 0.6) is 0 Å². The van der Waals surface area contributed by atoms with Gasteiger partial charge < -0.3 is 10.4 Å². The summed E-state index contributed by atoms with van der Waals surface area (Å²) in [5.41, 5.74) is 3.13. The maximum atomic E-state index is 12.2. The minimum atomic E-state index is -3.26. The summed E-state index contributed by atoms with van der Waals surface area (Å²) >= 11 is 0. The number of aliphatic carboxylic acids is 1. The van der Waals surface area contributed by atoms with Crippen molar-refractivity contribution in [1.29, 1.82) is 0 Å². The summed E-state index contributed by atoms with van der Waals surface area (Å²) in [5.74, 6) is -0.275. The number of nitrogens with zero attached hydrogens (tertiary/aromatic N) is 2. The van der Waals surface area contributed by atoms with Crippen LogP contribution >= 0.6 is 0 Å². The first kappa shape index (κ1) is 18.1. The Labute approximate surface area is 162 Å². The molecule has 7 nitrogen and oxygen atoms in total. The van der Waals surface area contributed by atoms with Gasteiger partial charge in [-0.15, -0.1) is 0 Å². The van der Waals surface area contributed by atoms with E-state index in [9.17, 15) is 13.2 Å². The van der Waals surface area contributed by atoms with Crippen LogP contribution in [0.4, 0.5) is 11.5 Å². The normalized spacial score (nSPS) is 14.4. The Bertz CT molecular complexity index is 1160. The Morgan fingerprint density at radius 3 is 2.57 bits per heavy atom. The second-order valence-electron chi connectivity index (χ2n) is 6.62. The lowest BCUT2D eigenvalue weighted by Gasteiger charge is -2.12. The van der Waals surface area contributed by atoms with E-state index in [0.29, 0.717) is 34.2 Å². The summed E-state index contributed by atoms with van der Waals surface area (Å²) in [6.45, 7) is 0. The first-order valence-electron chi connectivity index (χ1n) is 8.63. The highest BCUT2D eigenvalue weighted by molar-refractivity contribution is 7.90. The molecule has 0 radical (unpaired) electrons. The number of sulfone groups is 1. The van der Waals surface area contributed by atoms with Gasteiger partial charge in [-0.2, -0.15) is 0 Å². The van der Waals surface area contributed by atoms with Gasteiger partial charge in [0.25, 0.3) is 0 Å². The first-order valence-corrected chi connectivity index (χ1v) is 10.5. The maximum absolute atomic E-state index is 12.2. The minimum Gasteiger partial charge on any atom is -0.481 e. The summed E-state index contributed by atoms with van der Waals surface area (Å²) in [6, 6.07) is 16.3. The fraction of sp³-hybridized carbons (Fsp3) is 0.150. The van der Waals surface area contributed by atoms with Crippen LogP contribution in [0.15, 0.2) is 54.6 Å². The summed E-state index contributed by atoms with van der Waals surface area (Å²) in [5, 5.41) is 12.1. The quantitative estimate of drug-likeness (QED) is 0.683. The number of fused-ring (bicyclic) bond motifs is 1. The van der Waals surface area contributed by atoms with Crippen LogP contribution in [0.2, 0.25) is 0 Å². The smallest absolute Gasteiger partial charge is 0.307 e. The first-order chi connectivity index (χ1) is 13.4. The van der Waals surface area contributed by atoms with Crippen molar-refractivity contribution < 1.29 is 18.3 Å². The molecule has 142 valence electrons. The molecule has 3 aromatic rings. The van der Waals surface area contributed by atoms with Gasteiger partial charge in [0.05, 0.1) is 23.6 Å². The van der Waals surface area contributed by atoms with Gasteiger partial charge in [-0.1, -0.05) is 42.5 Å². The van der Waals surface area contributed by atoms with E-state index < -0.39 is 15.8 Å². The topological polar surface area (TPSA) is 109 Å². The Kier molecular flexibility index (Phi) is 4.56. The van der Waals surface area contributed by atoms with Crippen LogP contribution in [0.3, 0.4) is 0 Å². The fourth-order valence-electron chi connectivity index (χ4n) is 3.17. The number of carbonyl (C=O) groups is 1. The van der Waals surface area contributed by atoms with Crippen LogP contribution in [0, 0.1) is 0 Å². The molecule has 2 aromatic carbocycles. The Hall–Kier alpha value is -3.26. The zero-order chi connectivity index (χ0) is 19.7. The molecule has 1 aromatic heterocycles. The van der Waals surface area contributed by atoms with E-state index in [0.717, 1.165) is 5.56 Å². The average Bonchev–Trinajstić information content (AvgIpc) is 2.96. The molecular weight excluding hydrogens is 378 g/mol. The van der Waals surface area contributed by atoms with Crippen molar-refractivity contribution in [2.75, 3.05) is 5.32 Å². The molecule has 28 heavy (non-hydrogen) atoms. The van der Waals surface area contributed by atoms with Crippen molar-refractivity contribution >= 4 is 27.3 Å². The van der Waals surface area contributed by atoms with Crippen LogP contribution in [0.25, 0.3) is 11.4 Å². The lowest BCUT2D eigenvalue weighted by molar-refractivity contribution is -0.136. The number of hydrogen-bond donors (Lipinski definition) is 2. The van der Waals surface area contributed by atoms with E-state index in [1.807, 2.05) is 30.3 Å². The summed E-state index contributed by atoms with van der Waals surface area (Å²) in [6.07, 6.45) is -0.0962. The summed E-state index contributed by atoms with van der Waals surface area (Å²) in [4.78, 5) is 20.0. The van der Waals surface area contributed by atoms with E-state index in [2.05, 4.69) is 15.3 Å². The number of aromatic nitrogens is 2. The van der Waals surface area contributed by atoms with Gasteiger partial charge in [-0.05, 0) is 17.7 Å². The van der Waals surface area contributed by atoms with Crippen LogP contribution in [-0.4, -0.2) is 29.5 Å². The third kappa shape index (κ3) is 3.86. The summed E-state index contributed by atoms with van der Waals surface area (Å²) in [7, 11) is -3.26. The van der Waals surface area contributed by atoms with Gasteiger partial charge in [0.15, 0.2) is 15.7 Å². The molecule has 0 unspecified atom stereocenters. The van der Waals surface area contributed by atoms with Crippen LogP contribution < -0.4 is 5.32 Å². The van der Waals surface area contributed by atoms with Gasteiger partial charge in [0.2, 0.25) is 0 Å². The molecule has 0 amide bonds. The standard InChI is InChI=1S/C20H17N3O4S/c24-18(25)10-13-5-4-8-15(9-13)21-20-16-11-28(26,27)12-17(16)22-19(23-20)14-6-2-1-3-7-14/h1-9H,10-12H2,(H,24,25)(H,21,22,23). The third-order valence-corrected chi connectivity index (χ3v) is 5.83. The van der Waals surface area contributed by atoms with E-state index in [-0.39, 0.29) is 17.9 Å². The highest BCUT2D eigenvalue weighted by Gasteiger charge is 2.30. The number of carboxylic acid groups (broad SMARTS) is 1. The van der Waals surface area contributed by atoms with Gasteiger partial charge in [-0.25, -0.2) is 18.4 Å². The van der Waals surface area contributed by atoms with Crippen molar-refractivity contribution in [3.8, 4) is 11.4 Å². The molecule has 0 spiro atoms. The second kappa shape index (κ2) is 7.05. The SMILES string of the molecule is O=C(O)Cc1cccc(Nc2nc(-c3ccccc3)nc3c2CS(=O)(=O)C3)c1. The van der Waals surface area contributed by atoms with Gasteiger partial charge in [-0.3, -0.25) is 4.79 Å². The molecule has 8 heteroatoms. The fourth-order valence-corrected chi connectivity index (χ4v) is 4.67. The molecule has 0 saturated heterocycles. The minimum absolute atomic E-state index is 0.0962. The molecule has 2 heterocycles. The molecule has 2 N–H and O–H groups in total. The van der Waals surface area contributed by atoms with E-state index in [1.165, 1.54) is 0 Å². The highest BCUT2D eigenvalue weighted by Crippen LogP contribution is 2.32. The number of benzene rings is 2. The third-order valence-electron chi connectivity index (χ3n) is 4.39.